The molecule has 20 heavy (non-hydrogen) atoms. The molecule has 0 bridgehead atoms. The topological polar surface area (TPSA) is 15.3 Å². The fourth-order valence-corrected chi connectivity index (χ4v) is 3.47. The van der Waals surface area contributed by atoms with Crippen LogP contribution in [0.1, 0.15) is 79.6 Å². The Morgan fingerprint density at radius 1 is 1.15 bits per heavy atom. The Balaban J connectivity index is 2.47. The van der Waals surface area contributed by atoms with Gasteiger partial charge >= 0.3 is 0 Å². The predicted octanol–water partition coefficient (Wildman–Crippen LogP) is 4.45. The summed E-state index contributed by atoms with van der Waals surface area (Å²) in [6.07, 6.45) is 9.52. The van der Waals surface area contributed by atoms with Gasteiger partial charge in [0.1, 0.15) is 0 Å². The average Bonchev–Trinajstić information content (AvgIpc) is 2.39. The van der Waals surface area contributed by atoms with E-state index in [0.717, 1.165) is 12.6 Å². The van der Waals surface area contributed by atoms with Gasteiger partial charge in [0, 0.05) is 12.1 Å². The molecule has 120 valence electrons. The Bertz CT molecular complexity index is 242. The molecular weight excluding hydrogens is 244 g/mol. The molecule has 1 aliphatic rings. The first-order valence-electron chi connectivity index (χ1n) is 8.96. The monoisotopic (exact) mass is 282 g/mol. The minimum Gasteiger partial charge on any atom is -0.313 e. The molecule has 1 rings (SSSR count). The minimum absolute atomic E-state index is 0.366. The second-order valence-electron chi connectivity index (χ2n) is 7.64. The van der Waals surface area contributed by atoms with E-state index in [1.807, 2.05) is 0 Å². The van der Waals surface area contributed by atoms with Crippen molar-refractivity contribution >= 4 is 0 Å². The van der Waals surface area contributed by atoms with E-state index in [9.17, 15) is 0 Å². The van der Waals surface area contributed by atoms with Crippen LogP contribution in [0, 0.1) is 5.41 Å². The zero-order chi connectivity index (χ0) is 15.0. The highest BCUT2D eigenvalue weighted by atomic mass is 15.2. The number of hydrogen-bond donors (Lipinski definition) is 1. The maximum Gasteiger partial charge on any atom is 0.0128 e. The molecule has 0 aromatic rings. The molecule has 1 heterocycles. The molecule has 1 saturated heterocycles. The fourth-order valence-electron chi connectivity index (χ4n) is 3.47. The van der Waals surface area contributed by atoms with Gasteiger partial charge in [-0.1, -0.05) is 47.5 Å². The van der Waals surface area contributed by atoms with Crippen LogP contribution in [-0.2, 0) is 0 Å². The third-order valence-corrected chi connectivity index (χ3v) is 4.76. The van der Waals surface area contributed by atoms with Crippen molar-refractivity contribution < 1.29 is 0 Å². The van der Waals surface area contributed by atoms with E-state index in [1.54, 1.807) is 0 Å². The van der Waals surface area contributed by atoms with Crippen LogP contribution in [0.25, 0.3) is 0 Å². The van der Waals surface area contributed by atoms with E-state index >= 15 is 0 Å². The second kappa shape index (κ2) is 9.04. The van der Waals surface area contributed by atoms with Crippen molar-refractivity contribution in [2.75, 3.05) is 19.6 Å². The lowest BCUT2D eigenvalue weighted by Gasteiger charge is -2.39. The Morgan fingerprint density at radius 3 is 2.50 bits per heavy atom. The molecule has 1 aliphatic heterocycles. The van der Waals surface area contributed by atoms with Crippen LogP contribution in [0.2, 0.25) is 0 Å². The lowest BCUT2D eigenvalue weighted by atomic mass is 9.84. The molecule has 0 amide bonds. The van der Waals surface area contributed by atoms with Crippen molar-refractivity contribution in [3.05, 3.63) is 0 Å². The molecule has 2 heteroatoms. The van der Waals surface area contributed by atoms with Crippen LogP contribution in [0.15, 0.2) is 0 Å². The van der Waals surface area contributed by atoms with Crippen LogP contribution in [0.3, 0.4) is 0 Å². The Morgan fingerprint density at radius 2 is 1.90 bits per heavy atom. The number of piperidine rings is 1. The maximum atomic E-state index is 3.77. The van der Waals surface area contributed by atoms with E-state index in [4.69, 9.17) is 0 Å². The summed E-state index contributed by atoms with van der Waals surface area (Å²) in [5.41, 5.74) is 0.366. The molecule has 0 spiro atoms. The SMILES string of the molecule is CCCNC(CCN1CCCCC1CCC)C(C)(C)C. The molecular formula is C18H38N2. The molecule has 2 unspecified atom stereocenters. The van der Waals surface area contributed by atoms with Gasteiger partial charge in [0.05, 0.1) is 0 Å². The number of rotatable bonds is 8. The molecule has 0 aromatic heterocycles. The van der Waals surface area contributed by atoms with Crippen LogP contribution in [0.4, 0.5) is 0 Å². The number of hydrogen-bond acceptors (Lipinski definition) is 2. The maximum absolute atomic E-state index is 3.77. The summed E-state index contributed by atoms with van der Waals surface area (Å²) in [5.74, 6) is 0. The second-order valence-corrected chi connectivity index (χ2v) is 7.64. The van der Waals surface area contributed by atoms with Gasteiger partial charge in [-0.3, -0.25) is 0 Å². The molecule has 0 aliphatic carbocycles. The van der Waals surface area contributed by atoms with E-state index < -0.39 is 0 Å². The summed E-state index contributed by atoms with van der Waals surface area (Å²) in [6, 6.07) is 1.51. The van der Waals surface area contributed by atoms with Crippen LogP contribution < -0.4 is 5.32 Å². The van der Waals surface area contributed by atoms with Crippen molar-refractivity contribution in [2.45, 2.75) is 91.6 Å². The molecule has 2 nitrogen and oxygen atoms in total. The first-order valence-corrected chi connectivity index (χ1v) is 8.96. The average molecular weight is 283 g/mol. The van der Waals surface area contributed by atoms with Crippen molar-refractivity contribution in [2.24, 2.45) is 5.41 Å². The highest BCUT2D eigenvalue weighted by molar-refractivity contribution is 4.84. The highest BCUT2D eigenvalue weighted by Gasteiger charge is 2.27. The molecule has 1 N–H and O–H groups in total. The highest BCUT2D eigenvalue weighted by Crippen LogP contribution is 2.25. The first kappa shape index (κ1) is 18.0. The Labute approximate surface area is 127 Å². The van der Waals surface area contributed by atoms with Gasteiger partial charge < -0.3 is 10.2 Å². The van der Waals surface area contributed by atoms with Crippen LogP contribution in [0.5, 0.6) is 0 Å². The zero-order valence-corrected chi connectivity index (χ0v) is 14.7. The van der Waals surface area contributed by atoms with Crippen molar-refractivity contribution in [1.29, 1.82) is 0 Å². The Hall–Kier alpha value is -0.0800. The summed E-state index contributed by atoms with van der Waals surface area (Å²) in [4.78, 5) is 2.78. The summed E-state index contributed by atoms with van der Waals surface area (Å²) in [6.45, 7) is 15.5. The standard InChI is InChI=1S/C18H38N2/c1-6-10-16-11-8-9-14-20(16)15-12-17(18(3,4)5)19-13-7-2/h16-17,19H,6-15H2,1-5H3. The fraction of sp³-hybridized carbons (Fsp3) is 1.00. The quantitative estimate of drug-likeness (QED) is 0.708. The minimum atomic E-state index is 0.366. The zero-order valence-electron chi connectivity index (χ0n) is 14.7. The van der Waals surface area contributed by atoms with E-state index in [2.05, 4.69) is 44.8 Å². The van der Waals surface area contributed by atoms with Gasteiger partial charge in [-0.15, -0.1) is 0 Å². The van der Waals surface area contributed by atoms with E-state index in [-0.39, 0.29) is 0 Å². The van der Waals surface area contributed by atoms with Crippen molar-refractivity contribution in [1.82, 2.24) is 10.2 Å². The van der Waals surface area contributed by atoms with Crippen LogP contribution >= 0.6 is 0 Å². The summed E-state index contributed by atoms with van der Waals surface area (Å²) >= 11 is 0. The lowest BCUT2D eigenvalue weighted by Crippen LogP contribution is -2.46. The van der Waals surface area contributed by atoms with Gasteiger partial charge in [-0.05, 0) is 57.2 Å². The van der Waals surface area contributed by atoms with Gasteiger partial charge in [0.2, 0.25) is 0 Å². The van der Waals surface area contributed by atoms with Crippen molar-refractivity contribution in [3.63, 3.8) is 0 Å². The smallest absolute Gasteiger partial charge is 0.0128 e. The van der Waals surface area contributed by atoms with Gasteiger partial charge in [0.25, 0.3) is 0 Å². The van der Waals surface area contributed by atoms with Gasteiger partial charge in [-0.2, -0.15) is 0 Å². The molecule has 0 saturated carbocycles. The first-order chi connectivity index (χ1) is 9.49. The lowest BCUT2D eigenvalue weighted by molar-refractivity contribution is 0.121. The normalized spacial score (nSPS) is 22.9. The van der Waals surface area contributed by atoms with Gasteiger partial charge in [-0.25, -0.2) is 0 Å². The van der Waals surface area contributed by atoms with Crippen molar-refractivity contribution in [3.8, 4) is 0 Å². The van der Waals surface area contributed by atoms with E-state index in [1.165, 1.54) is 58.0 Å². The number of nitrogens with one attached hydrogen (secondary N) is 1. The third-order valence-electron chi connectivity index (χ3n) is 4.76. The largest absolute Gasteiger partial charge is 0.313 e. The number of likely N-dealkylation sites (tertiary alicyclic amines) is 1. The van der Waals surface area contributed by atoms with Gasteiger partial charge in [0.15, 0.2) is 0 Å². The molecule has 0 aromatic carbocycles. The molecule has 0 radical (unpaired) electrons. The number of nitrogens with zero attached hydrogens (tertiary/aromatic N) is 1. The predicted molar refractivity (Wildman–Crippen MR) is 90.3 cm³/mol. The Kier molecular flexibility index (Phi) is 8.13. The third kappa shape index (κ3) is 6.13. The summed E-state index contributed by atoms with van der Waals surface area (Å²) in [5, 5.41) is 3.77. The summed E-state index contributed by atoms with van der Waals surface area (Å²) < 4.78 is 0. The molecule has 1 fully saturated rings. The molecule has 2 atom stereocenters. The summed E-state index contributed by atoms with van der Waals surface area (Å²) in [7, 11) is 0. The van der Waals surface area contributed by atoms with E-state index in [0.29, 0.717) is 11.5 Å². The van der Waals surface area contributed by atoms with Crippen LogP contribution in [-0.4, -0.2) is 36.6 Å².